The molecule has 0 unspecified atom stereocenters. The van der Waals surface area contributed by atoms with Crippen LogP contribution in [0.1, 0.15) is 11.5 Å². The van der Waals surface area contributed by atoms with Crippen molar-refractivity contribution in [2.75, 3.05) is 0 Å². The third kappa shape index (κ3) is 4.03. The molecule has 0 N–H and O–H groups in total. The van der Waals surface area contributed by atoms with Crippen LogP contribution in [0, 0.1) is 12.7 Å². The molecule has 4 aromatic rings. The monoisotopic (exact) mass is 378 g/mol. The number of rotatable bonds is 5. The average Bonchev–Trinajstić information content (AvgIpc) is 3.17. The van der Waals surface area contributed by atoms with Gasteiger partial charge in [0, 0.05) is 11.1 Å². The molecule has 0 amide bonds. The minimum absolute atomic E-state index is 0.275. The fourth-order valence-corrected chi connectivity index (χ4v) is 3.21. The van der Waals surface area contributed by atoms with Gasteiger partial charge >= 0.3 is 0 Å². The zero-order valence-corrected chi connectivity index (χ0v) is 15.3. The van der Waals surface area contributed by atoms with E-state index < -0.39 is 0 Å². The quantitative estimate of drug-likeness (QED) is 0.459. The van der Waals surface area contributed by atoms with Gasteiger partial charge in [-0.25, -0.2) is 4.39 Å². The molecule has 0 saturated carbocycles. The van der Waals surface area contributed by atoms with E-state index in [0.29, 0.717) is 23.2 Å². The van der Waals surface area contributed by atoms with Gasteiger partial charge in [0.05, 0.1) is 11.4 Å². The highest BCUT2D eigenvalue weighted by Gasteiger charge is 2.11. The molecule has 2 aromatic carbocycles. The van der Waals surface area contributed by atoms with Crippen LogP contribution in [-0.2, 0) is 5.75 Å². The molecule has 0 aliphatic heterocycles. The standard InChI is InChI=1S/C20H15FN4OS/c1-13-4-2-3-5-16(13)20-22-18(26-25-20)12-27-19-11-10-17(23-24-19)14-6-8-15(21)9-7-14/h2-11H,12H2,1H3. The number of hydrogen-bond acceptors (Lipinski definition) is 6. The van der Waals surface area contributed by atoms with Crippen molar-refractivity contribution in [1.82, 2.24) is 20.3 Å². The van der Waals surface area contributed by atoms with Crippen molar-refractivity contribution in [3.05, 3.63) is 77.9 Å². The lowest BCUT2D eigenvalue weighted by atomic mass is 10.1. The van der Waals surface area contributed by atoms with Crippen LogP contribution in [0.15, 0.2) is 70.2 Å². The summed E-state index contributed by atoms with van der Waals surface area (Å²) in [6.07, 6.45) is 0. The number of aromatic nitrogens is 4. The number of nitrogens with zero attached hydrogens (tertiary/aromatic N) is 4. The Morgan fingerprint density at radius 2 is 1.78 bits per heavy atom. The molecule has 0 spiro atoms. The molecule has 0 saturated heterocycles. The summed E-state index contributed by atoms with van der Waals surface area (Å²) in [5.41, 5.74) is 3.57. The first kappa shape index (κ1) is 17.4. The van der Waals surface area contributed by atoms with Gasteiger partial charge in [-0.05, 0) is 48.9 Å². The second kappa shape index (κ2) is 7.67. The van der Waals surface area contributed by atoms with Crippen LogP contribution in [0.25, 0.3) is 22.6 Å². The highest BCUT2D eigenvalue weighted by Crippen LogP contribution is 2.25. The summed E-state index contributed by atoms with van der Waals surface area (Å²) in [6, 6.07) is 17.8. The first-order valence-corrected chi connectivity index (χ1v) is 9.29. The fourth-order valence-electron chi connectivity index (χ4n) is 2.55. The summed E-state index contributed by atoms with van der Waals surface area (Å²) in [6.45, 7) is 2.01. The number of benzene rings is 2. The van der Waals surface area contributed by atoms with Gasteiger partial charge in [0.15, 0.2) is 0 Å². The Bertz CT molecular complexity index is 1050. The van der Waals surface area contributed by atoms with Crippen molar-refractivity contribution in [3.63, 3.8) is 0 Å². The van der Waals surface area contributed by atoms with E-state index in [1.165, 1.54) is 23.9 Å². The van der Waals surface area contributed by atoms with Crippen molar-refractivity contribution in [2.45, 2.75) is 17.7 Å². The highest BCUT2D eigenvalue weighted by atomic mass is 32.2. The second-order valence-electron chi connectivity index (χ2n) is 5.88. The Hall–Kier alpha value is -3.06. The second-order valence-corrected chi connectivity index (χ2v) is 6.87. The number of halogens is 1. The van der Waals surface area contributed by atoms with E-state index in [9.17, 15) is 4.39 Å². The van der Waals surface area contributed by atoms with Crippen molar-refractivity contribution in [2.24, 2.45) is 0 Å². The Labute approximate surface area is 159 Å². The van der Waals surface area contributed by atoms with Gasteiger partial charge in [-0.15, -0.1) is 10.2 Å². The Morgan fingerprint density at radius 1 is 0.963 bits per heavy atom. The van der Waals surface area contributed by atoms with Gasteiger partial charge in [-0.1, -0.05) is 41.2 Å². The Balaban J connectivity index is 1.42. The lowest BCUT2D eigenvalue weighted by molar-refractivity contribution is 0.391. The van der Waals surface area contributed by atoms with E-state index in [2.05, 4.69) is 20.3 Å². The summed E-state index contributed by atoms with van der Waals surface area (Å²) in [7, 11) is 0. The molecule has 0 atom stereocenters. The van der Waals surface area contributed by atoms with Gasteiger partial charge in [0.25, 0.3) is 0 Å². The van der Waals surface area contributed by atoms with Crippen LogP contribution in [0.3, 0.4) is 0 Å². The molecule has 27 heavy (non-hydrogen) atoms. The summed E-state index contributed by atoms with van der Waals surface area (Å²) in [4.78, 5) is 4.45. The predicted octanol–water partition coefficient (Wildman–Crippen LogP) is 4.93. The summed E-state index contributed by atoms with van der Waals surface area (Å²) < 4.78 is 18.3. The first-order valence-electron chi connectivity index (χ1n) is 8.30. The minimum Gasteiger partial charge on any atom is -0.338 e. The minimum atomic E-state index is -0.275. The van der Waals surface area contributed by atoms with E-state index in [0.717, 1.165) is 21.7 Å². The number of hydrogen-bond donors (Lipinski definition) is 0. The summed E-state index contributed by atoms with van der Waals surface area (Å²) in [5, 5.41) is 13.2. The van der Waals surface area contributed by atoms with E-state index in [1.54, 1.807) is 12.1 Å². The molecule has 0 aliphatic rings. The topological polar surface area (TPSA) is 64.7 Å². The number of thioether (sulfide) groups is 1. The maximum Gasteiger partial charge on any atom is 0.237 e. The molecule has 134 valence electrons. The van der Waals surface area contributed by atoms with Crippen LogP contribution in [0.4, 0.5) is 4.39 Å². The molecule has 0 fully saturated rings. The zero-order chi connectivity index (χ0) is 18.6. The van der Waals surface area contributed by atoms with E-state index in [4.69, 9.17) is 4.52 Å². The van der Waals surface area contributed by atoms with Crippen molar-refractivity contribution >= 4 is 11.8 Å². The SMILES string of the molecule is Cc1ccccc1-c1noc(CSc2ccc(-c3ccc(F)cc3)nn2)n1. The third-order valence-corrected chi connectivity index (χ3v) is 4.88. The highest BCUT2D eigenvalue weighted by molar-refractivity contribution is 7.98. The van der Waals surface area contributed by atoms with Crippen molar-refractivity contribution < 1.29 is 8.91 Å². The summed E-state index contributed by atoms with van der Waals surface area (Å²) in [5.74, 6) is 1.34. The maximum absolute atomic E-state index is 13.0. The van der Waals surface area contributed by atoms with Crippen LogP contribution in [-0.4, -0.2) is 20.3 Å². The third-order valence-electron chi connectivity index (χ3n) is 3.98. The van der Waals surface area contributed by atoms with Gasteiger partial charge in [0.2, 0.25) is 11.7 Å². The van der Waals surface area contributed by atoms with Crippen LogP contribution in [0.5, 0.6) is 0 Å². The normalized spacial score (nSPS) is 10.9. The molecule has 7 heteroatoms. The molecular formula is C20H15FN4OS. The smallest absolute Gasteiger partial charge is 0.237 e. The largest absolute Gasteiger partial charge is 0.338 e. The van der Waals surface area contributed by atoms with Gasteiger partial charge in [-0.3, -0.25) is 0 Å². The van der Waals surface area contributed by atoms with Gasteiger partial charge in [-0.2, -0.15) is 4.98 Å². The molecular weight excluding hydrogens is 363 g/mol. The average molecular weight is 378 g/mol. The van der Waals surface area contributed by atoms with Gasteiger partial charge in [0.1, 0.15) is 10.8 Å². The van der Waals surface area contributed by atoms with E-state index >= 15 is 0 Å². The molecule has 2 heterocycles. The molecule has 0 bridgehead atoms. The zero-order valence-electron chi connectivity index (χ0n) is 14.5. The molecule has 4 rings (SSSR count). The Kier molecular flexibility index (Phi) is 4.93. The molecule has 5 nitrogen and oxygen atoms in total. The lowest BCUT2D eigenvalue weighted by Gasteiger charge is -2.01. The lowest BCUT2D eigenvalue weighted by Crippen LogP contribution is -1.90. The maximum atomic E-state index is 13.0. The summed E-state index contributed by atoms with van der Waals surface area (Å²) >= 11 is 1.46. The van der Waals surface area contributed by atoms with Crippen molar-refractivity contribution in [1.29, 1.82) is 0 Å². The van der Waals surface area contributed by atoms with E-state index in [1.807, 2.05) is 43.3 Å². The Morgan fingerprint density at radius 3 is 2.52 bits per heavy atom. The predicted molar refractivity (Wildman–Crippen MR) is 101 cm³/mol. The molecule has 0 radical (unpaired) electrons. The fraction of sp³-hybridized carbons (Fsp3) is 0.100. The van der Waals surface area contributed by atoms with Crippen molar-refractivity contribution in [3.8, 4) is 22.6 Å². The first-order chi connectivity index (χ1) is 13.2. The number of aryl methyl sites for hydroxylation is 1. The van der Waals surface area contributed by atoms with Crippen LogP contribution in [0.2, 0.25) is 0 Å². The molecule has 0 aliphatic carbocycles. The molecule has 2 aromatic heterocycles. The van der Waals surface area contributed by atoms with Crippen LogP contribution < -0.4 is 0 Å². The van der Waals surface area contributed by atoms with Gasteiger partial charge < -0.3 is 4.52 Å². The van der Waals surface area contributed by atoms with Crippen LogP contribution >= 0.6 is 11.8 Å². The van der Waals surface area contributed by atoms with E-state index in [-0.39, 0.29) is 5.82 Å².